The minimum atomic E-state index is -0.708. The van der Waals surface area contributed by atoms with Gasteiger partial charge in [-0.05, 0) is 24.1 Å². The molecule has 2 N–H and O–H groups in total. The molecule has 0 saturated heterocycles. The Morgan fingerprint density at radius 2 is 1.96 bits per heavy atom. The number of nitrogens with one attached hydrogen (secondary N) is 2. The first-order chi connectivity index (χ1) is 12.5. The van der Waals surface area contributed by atoms with E-state index in [-0.39, 0.29) is 24.5 Å². The normalized spacial score (nSPS) is 13.3. The van der Waals surface area contributed by atoms with E-state index in [0.29, 0.717) is 24.5 Å². The van der Waals surface area contributed by atoms with Crippen molar-refractivity contribution in [1.82, 2.24) is 10.7 Å². The van der Waals surface area contributed by atoms with Crippen LogP contribution in [0.3, 0.4) is 0 Å². The second-order valence-corrected chi connectivity index (χ2v) is 5.46. The van der Waals surface area contributed by atoms with E-state index in [1.807, 2.05) is 12.1 Å². The summed E-state index contributed by atoms with van der Waals surface area (Å²) in [7, 11) is 3.12. The first-order valence-corrected chi connectivity index (χ1v) is 8.03. The highest BCUT2D eigenvalue weighted by Crippen LogP contribution is 2.27. The van der Waals surface area contributed by atoms with E-state index in [4.69, 9.17) is 14.2 Å². The summed E-state index contributed by atoms with van der Waals surface area (Å²) in [6, 6.07) is 5.50. The summed E-state index contributed by atoms with van der Waals surface area (Å²) in [4.78, 5) is 34.4. The molecular formula is C17H21N3O6. The van der Waals surface area contributed by atoms with Crippen molar-refractivity contribution in [2.45, 2.75) is 19.3 Å². The molecule has 0 saturated carbocycles. The average molecular weight is 363 g/mol. The number of carbonyl (C=O) groups excluding carboxylic acids is 3. The molecule has 0 unspecified atom stereocenters. The first-order valence-electron chi connectivity index (χ1n) is 8.03. The summed E-state index contributed by atoms with van der Waals surface area (Å²) in [5.74, 6) is -0.131. The van der Waals surface area contributed by atoms with Gasteiger partial charge in [0.1, 0.15) is 5.71 Å². The number of esters is 1. The summed E-state index contributed by atoms with van der Waals surface area (Å²) in [6.45, 7) is -0.0272. The maximum absolute atomic E-state index is 11.8. The third-order valence-electron chi connectivity index (χ3n) is 3.66. The van der Waals surface area contributed by atoms with Gasteiger partial charge in [-0.25, -0.2) is 10.2 Å². The molecule has 1 aliphatic heterocycles. The van der Waals surface area contributed by atoms with Gasteiger partial charge < -0.3 is 19.5 Å². The van der Waals surface area contributed by atoms with Gasteiger partial charge in [0.15, 0.2) is 18.1 Å². The number of methoxy groups -OCH3 is 2. The third-order valence-corrected chi connectivity index (χ3v) is 3.66. The molecule has 1 aliphatic rings. The monoisotopic (exact) mass is 363 g/mol. The van der Waals surface area contributed by atoms with Crippen LogP contribution in [-0.4, -0.2) is 50.9 Å². The Hall–Kier alpha value is -3.10. The van der Waals surface area contributed by atoms with Gasteiger partial charge in [-0.3, -0.25) is 9.59 Å². The lowest BCUT2D eigenvalue weighted by Crippen LogP contribution is -2.34. The maximum Gasteiger partial charge on any atom is 0.355 e. The van der Waals surface area contributed by atoms with E-state index in [9.17, 15) is 14.4 Å². The highest BCUT2D eigenvalue weighted by Gasteiger charge is 2.20. The fourth-order valence-electron chi connectivity index (χ4n) is 2.27. The van der Waals surface area contributed by atoms with Gasteiger partial charge in [0.25, 0.3) is 5.91 Å². The summed E-state index contributed by atoms with van der Waals surface area (Å²) in [5, 5.41) is 6.27. The Labute approximate surface area is 150 Å². The molecule has 1 aromatic rings. The summed E-state index contributed by atoms with van der Waals surface area (Å²) < 4.78 is 15.3. The molecule has 0 spiro atoms. The summed E-state index contributed by atoms with van der Waals surface area (Å²) in [6.07, 6.45) is 0.954. The van der Waals surface area contributed by atoms with Gasteiger partial charge in [-0.1, -0.05) is 6.07 Å². The predicted molar refractivity (Wildman–Crippen MR) is 92.0 cm³/mol. The number of hydrogen-bond acceptors (Lipinski definition) is 7. The van der Waals surface area contributed by atoms with E-state index >= 15 is 0 Å². The molecule has 26 heavy (non-hydrogen) atoms. The number of hydrazone groups is 1. The Bertz CT molecular complexity index is 716. The number of carbonyl (C=O) groups is 3. The standard InChI is InChI=1S/C17H21N3O6/c1-24-13-5-3-11(9-14(13)25-2)7-8-18-16(22)10-26-17(23)12-4-6-15(21)20-19-12/h3,5,9H,4,6-8,10H2,1-2H3,(H,18,22)(H,20,21). The zero-order chi connectivity index (χ0) is 18.9. The van der Waals surface area contributed by atoms with Crippen LogP contribution in [0.5, 0.6) is 11.5 Å². The Kier molecular flexibility index (Phi) is 6.95. The van der Waals surface area contributed by atoms with Crippen LogP contribution in [0.15, 0.2) is 23.3 Å². The van der Waals surface area contributed by atoms with Crippen molar-refractivity contribution in [3.05, 3.63) is 23.8 Å². The van der Waals surface area contributed by atoms with Crippen LogP contribution in [-0.2, 0) is 25.5 Å². The third kappa shape index (κ3) is 5.47. The van der Waals surface area contributed by atoms with E-state index in [2.05, 4.69) is 15.8 Å². The average Bonchev–Trinajstić information content (AvgIpc) is 2.66. The van der Waals surface area contributed by atoms with Crippen LogP contribution in [0, 0.1) is 0 Å². The topological polar surface area (TPSA) is 115 Å². The van der Waals surface area contributed by atoms with Crippen molar-refractivity contribution in [2.75, 3.05) is 27.4 Å². The number of rotatable bonds is 8. The van der Waals surface area contributed by atoms with E-state index < -0.39 is 18.5 Å². The van der Waals surface area contributed by atoms with Crippen LogP contribution in [0.25, 0.3) is 0 Å². The van der Waals surface area contributed by atoms with E-state index in [1.54, 1.807) is 20.3 Å². The molecule has 1 heterocycles. The molecule has 2 rings (SSSR count). The van der Waals surface area contributed by atoms with Crippen LogP contribution >= 0.6 is 0 Å². The Morgan fingerprint density at radius 1 is 1.19 bits per heavy atom. The van der Waals surface area contributed by atoms with Gasteiger partial charge in [-0.15, -0.1) is 0 Å². The van der Waals surface area contributed by atoms with Crippen LogP contribution < -0.4 is 20.2 Å². The molecule has 0 aliphatic carbocycles. The SMILES string of the molecule is COc1ccc(CCNC(=O)COC(=O)C2=NNC(=O)CC2)cc1OC. The molecule has 0 aromatic heterocycles. The molecule has 2 amide bonds. The van der Waals surface area contributed by atoms with Gasteiger partial charge in [0.2, 0.25) is 5.91 Å². The van der Waals surface area contributed by atoms with Crippen LogP contribution in [0.1, 0.15) is 18.4 Å². The van der Waals surface area contributed by atoms with Gasteiger partial charge in [0.05, 0.1) is 14.2 Å². The predicted octanol–water partition coefficient (Wildman–Crippen LogP) is 0.172. The Morgan fingerprint density at radius 3 is 2.62 bits per heavy atom. The number of benzene rings is 1. The molecule has 0 atom stereocenters. The van der Waals surface area contributed by atoms with Crippen molar-refractivity contribution in [1.29, 1.82) is 0 Å². The quantitative estimate of drug-likeness (QED) is 0.636. The summed E-state index contributed by atoms with van der Waals surface area (Å²) in [5.41, 5.74) is 3.26. The van der Waals surface area contributed by atoms with Crippen molar-refractivity contribution < 1.29 is 28.6 Å². The number of hydrogen-bond donors (Lipinski definition) is 2. The van der Waals surface area contributed by atoms with Gasteiger partial charge in [0, 0.05) is 19.4 Å². The molecule has 9 heteroatoms. The van der Waals surface area contributed by atoms with E-state index in [0.717, 1.165) is 5.56 Å². The number of amides is 2. The lowest BCUT2D eigenvalue weighted by Gasteiger charge is -2.12. The van der Waals surface area contributed by atoms with Crippen molar-refractivity contribution in [3.8, 4) is 11.5 Å². The minimum Gasteiger partial charge on any atom is -0.493 e. The molecule has 0 radical (unpaired) electrons. The van der Waals surface area contributed by atoms with Crippen molar-refractivity contribution >= 4 is 23.5 Å². The number of nitrogens with zero attached hydrogens (tertiary/aromatic N) is 1. The lowest BCUT2D eigenvalue weighted by atomic mass is 10.1. The molecule has 140 valence electrons. The number of ether oxygens (including phenoxy) is 3. The zero-order valence-corrected chi connectivity index (χ0v) is 14.7. The smallest absolute Gasteiger partial charge is 0.355 e. The van der Waals surface area contributed by atoms with Gasteiger partial charge >= 0.3 is 5.97 Å². The Balaban J connectivity index is 1.72. The largest absolute Gasteiger partial charge is 0.493 e. The fourth-order valence-corrected chi connectivity index (χ4v) is 2.27. The van der Waals surface area contributed by atoms with E-state index in [1.165, 1.54) is 0 Å². The molecule has 1 aromatic carbocycles. The maximum atomic E-state index is 11.8. The highest BCUT2D eigenvalue weighted by molar-refractivity contribution is 6.37. The van der Waals surface area contributed by atoms with Crippen molar-refractivity contribution in [2.24, 2.45) is 5.10 Å². The van der Waals surface area contributed by atoms with Crippen molar-refractivity contribution in [3.63, 3.8) is 0 Å². The second-order valence-electron chi connectivity index (χ2n) is 5.46. The second kappa shape index (κ2) is 9.40. The molecule has 0 fully saturated rings. The lowest BCUT2D eigenvalue weighted by molar-refractivity contribution is -0.142. The summed E-state index contributed by atoms with van der Waals surface area (Å²) >= 11 is 0. The minimum absolute atomic E-state index is 0.0997. The van der Waals surface area contributed by atoms with Gasteiger partial charge in [-0.2, -0.15) is 5.10 Å². The molecule has 0 bridgehead atoms. The molecular weight excluding hydrogens is 342 g/mol. The fraction of sp³-hybridized carbons (Fsp3) is 0.412. The zero-order valence-electron chi connectivity index (χ0n) is 14.7. The van der Waals surface area contributed by atoms with Crippen LogP contribution in [0.4, 0.5) is 0 Å². The first kappa shape index (κ1) is 19.2. The van der Waals surface area contributed by atoms with Crippen LogP contribution in [0.2, 0.25) is 0 Å². The highest BCUT2D eigenvalue weighted by atomic mass is 16.5. The molecule has 9 nitrogen and oxygen atoms in total.